The zero-order valence-electron chi connectivity index (χ0n) is 19.7. The molecule has 3 aromatic carbocycles. The number of hydrogen-bond acceptors (Lipinski definition) is 5. The monoisotopic (exact) mass is 492 g/mol. The molecule has 7 nitrogen and oxygen atoms in total. The number of amides is 2. The number of hydrogen-bond donors (Lipinski definition) is 0. The van der Waals surface area contributed by atoms with Gasteiger partial charge in [-0.25, -0.2) is 14.3 Å². The van der Waals surface area contributed by atoms with Crippen LogP contribution < -0.4 is 10.5 Å². The van der Waals surface area contributed by atoms with E-state index in [9.17, 15) is 18.8 Å². The molecular weight excluding hydrogens is 471 g/mol. The predicted molar refractivity (Wildman–Crippen MR) is 134 cm³/mol. The largest absolute Gasteiger partial charge is 0.283 e. The summed E-state index contributed by atoms with van der Waals surface area (Å²) in [6.07, 6.45) is 1.60. The number of benzene rings is 3. The maximum Gasteiger partial charge on any atom is 0.266 e. The maximum atomic E-state index is 14.9. The molecule has 0 bridgehead atoms. The summed E-state index contributed by atoms with van der Waals surface area (Å²) >= 11 is 0. The van der Waals surface area contributed by atoms with Gasteiger partial charge in [0.25, 0.3) is 5.56 Å². The van der Waals surface area contributed by atoms with Gasteiger partial charge >= 0.3 is 0 Å². The molecule has 0 aliphatic carbocycles. The van der Waals surface area contributed by atoms with E-state index in [2.05, 4.69) is 4.90 Å². The zero-order valence-corrected chi connectivity index (χ0v) is 19.7. The lowest BCUT2D eigenvalue weighted by Gasteiger charge is -2.38. The second-order valence-electron chi connectivity index (χ2n) is 10.2. The summed E-state index contributed by atoms with van der Waals surface area (Å²) in [5.74, 6) is -2.46. The Morgan fingerprint density at radius 3 is 2.43 bits per heavy atom. The topological polar surface area (TPSA) is 75.5 Å². The van der Waals surface area contributed by atoms with E-state index in [4.69, 9.17) is 4.98 Å². The summed E-state index contributed by atoms with van der Waals surface area (Å²) in [6.45, 7) is 0.676. The Hall–Kier alpha value is -4.17. The number of rotatable bonds is 1. The molecule has 4 aromatic rings. The van der Waals surface area contributed by atoms with E-state index in [-0.39, 0.29) is 23.2 Å². The first-order chi connectivity index (χ1) is 18.0. The van der Waals surface area contributed by atoms with Crippen LogP contribution in [0.15, 0.2) is 77.6 Å². The third-order valence-electron chi connectivity index (χ3n) is 8.73. The Balaban J connectivity index is 1.46. The van der Waals surface area contributed by atoms with Gasteiger partial charge in [0.05, 0.1) is 34.1 Å². The van der Waals surface area contributed by atoms with Crippen molar-refractivity contribution in [1.82, 2.24) is 14.5 Å². The fraction of sp³-hybridized carbons (Fsp3) is 0.241. The van der Waals surface area contributed by atoms with E-state index >= 15 is 0 Å². The number of aromatic nitrogens is 2. The Morgan fingerprint density at radius 1 is 0.865 bits per heavy atom. The van der Waals surface area contributed by atoms with Crippen LogP contribution in [0.25, 0.3) is 16.6 Å². The SMILES string of the molecule is O=C1[C@H]2C3CCCN3C3(c4ccccc4-n4c3nc3ccccc3c4=O)[C@H]2C(=O)N1c1ccccc1F. The van der Waals surface area contributed by atoms with Gasteiger partial charge in [-0.3, -0.25) is 23.9 Å². The van der Waals surface area contributed by atoms with Gasteiger partial charge in [-0.15, -0.1) is 0 Å². The summed E-state index contributed by atoms with van der Waals surface area (Å²) in [6, 6.07) is 20.5. The minimum Gasteiger partial charge on any atom is -0.283 e. The van der Waals surface area contributed by atoms with Crippen molar-refractivity contribution in [2.24, 2.45) is 11.8 Å². The second-order valence-corrected chi connectivity index (χ2v) is 10.2. The van der Waals surface area contributed by atoms with Crippen LogP contribution in [0.5, 0.6) is 0 Å². The average molecular weight is 493 g/mol. The fourth-order valence-corrected chi connectivity index (χ4v) is 7.48. The fourth-order valence-electron chi connectivity index (χ4n) is 7.48. The number of fused-ring (bicyclic) bond motifs is 11. The molecule has 4 aliphatic rings. The summed E-state index contributed by atoms with van der Waals surface area (Å²) in [7, 11) is 0. The minimum absolute atomic E-state index is 0.0262. The molecule has 3 saturated heterocycles. The number of imide groups is 1. The first-order valence-corrected chi connectivity index (χ1v) is 12.6. The van der Waals surface area contributed by atoms with Gasteiger partial charge in [-0.2, -0.15) is 0 Å². The Morgan fingerprint density at radius 2 is 1.59 bits per heavy atom. The maximum absolute atomic E-state index is 14.9. The van der Waals surface area contributed by atoms with Crippen LogP contribution >= 0.6 is 0 Å². The lowest BCUT2D eigenvalue weighted by Crippen LogP contribution is -2.51. The number of nitrogens with zero attached hydrogens (tertiary/aromatic N) is 4. The molecule has 2 amide bonds. The van der Waals surface area contributed by atoms with E-state index in [0.29, 0.717) is 29.0 Å². The van der Waals surface area contributed by atoms with E-state index in [1.807, 2.05) is 36.4 Å². The molecule has 37 heavy (non-hydrogen) atoms. The van der Waals surface area contributed by atoms with Crippen LogP contribution in [0.2, 0.25) is 0 Å². The Bertz CT molecular complexity index is 1750. The summed E-state index contributed by atoms with van der Waals surface area (Å²) < 4.78 is 16.5. The molecule has 8 heteroatoms. The highest BCUT2D eigenvalue weighted by atomic mass is 19.1. The quantitative estimate of drug-likeness (QED) is 0.381. The van der Waals surface area contributed by atoms with Crippen molar-refractivity contribution < 1.29 is 14.0 Å². The number of anilines is 1. The molecule has 0 N–H and O–H groups in total. The smallest absolute Gasteiger partial charge is 0.266 e. The highest BCUT2D eigenvalue weighted by Crippen LogP contribution is 2.62. The van der Waals surface area contributed by atoms with Crippen LogP contribution in [0, 0.1) is 17.7 Å². The highest BCUT2D eigenvalue weighted by Gasteiger charge is 2.73. The number of para-hydroxylation sites is 3. The molecule has 182 valence electrons. The van der Waals surface area contributed by atoms with Gasteiger partial charge in [0, 0.05) is 11.6 Å². The number of carbonyl (C=O) groups excluding carboxylic acids is 2. The predicted octanol–water partition coefficient (Wildman–Crippen LogP) is 3.37. The molecule has 8 rings (SSSR count). The van der Waals surface area contributed by atoms with Crippen molar-refractivity contribution in [1.29, 1.82) is 0 Å². The van der Waals surface area contributed by atoms with Gasteiger partial charge < -0.3 is 0 Å². The van der Waals surface area contributed by atoms with E-state index in [1.54, 1.807) is 22.8 Å². The van der Waals surface area contributed by atoms with Gasteiger partial charge in [0.15, 0.2) is 0 Å². The lowest BCUT2D eigenvalue weighted by molar-refractivity contribution is -0.124. The van der Waals surface area contributed by atoms with Crippen molar-refractivity contribution in [3.63, 3.8) is 0 Å². The van der Waals surface area contributed by atoms with E-state index < -0.39 is 29.1 Å². The summed E-state index contributed by atoms with van der Waals surface area (Å²) in [4.78, 5) is 50.4. The van der Waals surface area contributed by atoms with Crippen LogP contribution in [0.4, 0.5) is 10.1 Å². The highest BCUT2D eigenvalue weighted by molar-refractivity contribution is 6.23. The molecular formula is C29H21FN4O3. The third-order valence-corrected chi connectivity index (χ3v) is 8.73. The van der Waals surface area contributed by atoms with Crippen molar-refractivity contribution in [2.75, 3.05) is 11.4 Å². The third kappa shape index (κ3) is 2.31. The van der Waals surface area contributed by atoms with Gasteiger partial charge in [0.1, 0.15) is 17.2 Å². The molecule has 2 unspecified atom stereocenters. The van der Waals surface area contributed by atoms with Gasteiger partial charge in [0.2, 0.25) is 11.8 Å². The number of halogens is 1. The molecule has 1 aromatic heterocycles. The standard InChI is InChI=1S/C29H21FN4O3/c30-18-10-3-6-13-21(18)33-26(36)23-22-14-7-15-32(22)29(24(23)27(33)37)17-9-2-5-12-20(17)34-25(35)16-8-1-4-11-19(16)31-28(29)34/h1-6,8-13,22-24H,7,14-15H2/t22?,23-,24+,29?/m0/s1. The van der Waals surface area contributed by atoms with E-state index in [0.717, 1.165) is 23.3 Å². The van der Waals surface area contributed by atoms with Crippen LogP contribution in [-0.4, -0.2) is 38.9 Å². The first kappa shape index (κ1) is 21.0. The van der Waals surface area contributed by atoms with Crippen LogP contribution in [0.3, 0.4) is 0 Å². The minimum atomic E-state index is -1.10. The summed E-state index contributed by atoms with van der Waals surface area (Å²) in [5, 5.41) is 0.493. The molecule has 4 atom stereocenters. The molecule has 4 aliphatic heterocycles. The molecule has 0 saturated carbocycles. The second kappa shape index (κ2) is 6.98. The first-order valence-electron chi connectivity index (χ1n) is 12.6. The van der Waals surface area contributed by atoms with E-state index in [1.165, 1.54) is 18.2 Å². The Labute approximate surface area is 210 Å². The van der Waals surface area contributed by atoms with Crippen molar-refractivity contribution in [3.05, 3.63) is 100 Å². The Kier molecular flexibility index (Phi) is 3.96. The zero-order chi connectivity index (χ0) is 25.1. The molecule has 0 radical (unpaired) electrons. The van der Waals surface area contributed by atoms with Crippen molar-refractivity contribution in [3.8, 4) is 5.69 Å². The molecule has 5 heterocycles. The molecule has 1 spiro atoms. The van der Waals surface area contributed by atoms with Crippen molar-refractivity contribution >= 4 is 28.4 Å². The van der Waals surface area contributed by atoms with Crippen molar-refractivity contribution in [2.45, 2.75) is 24.4 Å². The van der Waals surface area contributed by atoms with Gasteiger partial charge in [-0.1, -0.05) is 42.5 Å². The summed E-state index contributed by atoms with van der Waals surface area (Å²) in [5.41, 5.74) is 0.696. The molecule has 3 fully saturated rings. The number of carbonyl (C=O) groups is 2. The van der Waals surface area contributed by atoms with Gasteiger partial charge in [-0.05, 0) is 49.7 Å². The average Bonchev–Trinajstić information content (AvgIpc) is 3.62. The normalized spacial score (nSPS) is 27.7. The van der Waals surface area contributed by atoms with Crippen LogP contribution in [0.1, 0.15) is 24.2 Å². The van der Waals surface area contributed by atoms with Crippen LogP contribution in [-0.2, 0) is 15.1 Å². The lowest BCUT2D eigenvalue weighted by atomic mass is 9.75.